The Bertz CT molecular complexity index is 585. The number of ether oxygens (including phenoxy) is 2. The number of methoxy groups -OCH3 is 1. The van der Waals surface area contributed by atoms with Gasteiger partial charge in [-0.3, -0.25) is 4.90 Å². The largest absolute Gasteiger partial charge is 0.497 e. The molecule has 2 aromatic rings. The van der Waals surface area contributed by atoms with Crippen molar-refractivity contribution in [2.24, 2.45) is 0 Å². The maximum absolute atomic E-state index is 10.2. The van der Waals surface area contributed by atoms with Crippen molar-refractivity contribution in [2.75, 3.05) is 20.2 Å². The highest BCUT2D eigenvalue weighted by Crippen LogP contribution is 2.22. The summed E-state index contributed by atoms with van der Waals surface area (Å²) >= 11 is 0. The molecule has 2 aromatic carbocycles. The lowest BCUT2D eigenvalue weighted by Gasteiger charge is -2.17. The Balaban J connectivity index is 1.58. The maximum atomic E-state index is 10.2. The summed E-state index contributed by atoms with van der Waals surface area (Å²) in [4.78, 5) is 2.22. The normalized spacial score (nSPS) is 21.7. The van der Waals surface area contributed by atoms with Gasteiger partial charge in [0.25, 0.3) is 0 Å². The third-order valence-corrected chi connectivity index (χ3v) is 3.91. The second-order valence-electron chi connectivity index (χ2n) is 5.58. The third-order valence-electron chi connectivity index (χ3n) is 3.91. The molecular weight excluding hydrogens is 278 g/mol. The lowest BCUT2D eigenvalue weighted by atomic mass is 10.2. The summed E-state index contributed by atoms with van der Waals surface area (Å²) in [6, 6.07) is 17.7. The van der Waals surface area contributed by atoms with Crippen LogP contribution in [0.3, 0.4) is 0 Å². The van der Waals surface area contributed by atoms with Gasteiger partial charge in [0.05, 0.1) is 7.11 Å². The Kier molecular flexibility index (Phi) is 4.61. The number of aliphatic hydroxyl groups excluding tert-OH is 1. The van der Waals surface area contributed by atoms with Crippen LogP contribution in [0.1, 0.15) is 5.56 Å². The molecule has 4 heteroatoms. The van der Waals surface area contributed by atoms with Crippen molar-refractivity contribution in [2.45, 2.75) is 18.8 Å². The predicted molar refractivity (Wildman–Crippen MR) is 85.1 cm³/mol. The molecule has 3 rings (SSSR count). The molecule has 1 saturated heterocycles. The fourth-order valence-electron chi connectivity index (χ4n) is 2.75. The van der Waals surface area contributed by atoms with Crippen molar-refractivity contribution >= 4 is 0 Å². The molecule has 0 aromatic heterocycles. The van der Waals surface area contributed by atoms with Crippen molar-refractivity contribution in [3.05, 3.63) is 60.2 Å². The van der Waals surface area contributed by atoms with Crippen LogP contribution < -0.4 is 9.47 Å². The lowest BCUT2D eigenvalue weighted by molar-refractivity contribution is 0.0736. The molecule has 0 unspecified atom stereocenters. The highest BCUT2D eigenvalue weighted by atomic mass is 16.5. The van der Waals surface area contributed by atoms with Gasteiger partial charge in [-0.25, -0.2) is 0 Å². The first-order valence-electron chi connectivity index (χ1n) is 7.49. The van der Waals surface area contributed by atoms with Crippen molar-refractivity contribution in [3.63, 3.8) is 0 Å². The van der Waals surface area contributed by atoms with E-state index in [1.54, 1.807) is 7.11 Å². The van der Waals surface area contributed by atoms with E-state index in [0.717, 1.165) is 24.6 Å². The SMILES string of the molecule is COc1ccc(O[C@H]2CN(Cc3ccccc3)C[C@@H]2O)cc1. The zero-order valence-corrected chi connectivity index (χ0v) is 12.7. The summed E-state index contributed by atoms with van der Waals surface area (Å²) in [6.07, 6.45) is -0.664. The minimum absolute atomic E-state index is 0.197. The Morgan fingerprint density at radius 3 is 2.36 bits per heavy atom. The first kappa shape index (κ1) is 14.9. The molecular formula is C18H21NO3. The maximum Gasteiger partial charge on any atom is 0.138 e. The van der Waals surface area contributed by atoms with Crippen LogP contribution in [-0.2, 0) is 6.54 Å². The van der Waals surface area contributed by atoms with E-state index >= 15 is 0 Å². The molecule has 1 fully saturated rings. The number of likely N-dealkylation sites (tertiary alicyclic amines) is 1. The van der Waals surface area contributed by atoms with Crippen molar-refractivity contribution < 1.29 is 14.6 Å². The molecule has 1 N–H and O–H groups in total. The molecule has 0 spiro atoms. The molecule has 0 radical (unpaired) electrons. The van der Waals surface area contributed by atoms with Crippen LogP contribution in [0.4, 0.5) is 0 Å². The average Bonchev–Trinajstić information content (AvgIpc) is 2.88. The second kappa shape index (κ2) is 6.81. The van der Waals surface area contributed by atoms with Gasteiger partial charge >= 0.3 is 0 Å². The molecule has 0 bridgehead atoms. The van der Waals surface area contributed by atoms with Crippen LogP contribution in [0.2, 0.25) is 0 Å². The van der Waals surface area contributed by atoms with Crippen LogP contribution in [-0.4, -0.2) is 42.4 Å². The van der Waals surface area contributed by atoms with E-state index in [0.29, 0.717) is 6.54 Å². The van der Waals surface area contributed by atoms with Gasteiger partial charge in [-0.15, -0.1) is 0 Å². The van der Waals surface area contributed by atoms with Crippen LogP contribution >= 0.6 is 0 Å². The van der Waals surface area contributed by atoms with Crippen molar-refractivity contribution in [1.82, 2.24) is 4.90 Å². The molecule has 0 aliphatic carbocycles. The van der Waals surface area contributed by atoms with E-state index in [1.807, 2.05) is 42.5 Å². The summed E-state index contributed by atoms with van der Waals surface area (Å²) < 4.78 is 11.0. The molecule has 1 heterocycles. The van der Waals surface area contributed by atoms with E-state index in [9.17, 15) is 5.11 Å². The fraction of sp³-hybridized carbons (Fsp3) is 0.333. The van der Waals surface area contributed by atoms with Gasteiger partial charge in [0.2, 0.25) is 0 Å². The van der Waals surface area contributed by atoms with Gasteiger partial charge in [-0.1, -0.05) is 30.3 Å². The van der Waals surface area contributed by atoms with Gasteiger partial charge in [-0.05, 0) is 29.8 Å². The summed E-state index contributed by atoms with van der Waals surface area (Å²) in [7, 11) is 1.64. The summed E-state index contributed by atoms with van der Waals surface area (Å²) in [5.74, 6) is 1.55. The Morgan fingerprint density at radius 1 is 1.00 bits per heavy atom. The smallest absolute Gasteiger partial charge is 0.138 e. The highest BCUT2D eigenvalue weighted by molar-refractivity contribution is 5.31. The van der Waals surface area contributed by atoms with E-state index in [4.69, 9.17) is 9.47 Å². The quantitative estimate of drug-likeness (QED) is 0.920. The highest BCUT2D eigenvalue weighted by Gasteiger charge is 2.32. The Hall–Kier alpha value is -2.04. The zero-order chi connectivity index (χ0) is 15.4. The van der Waals surface area contributed by atoms with Crippen LogP contribution in [0.5, 0.6) is 11.5 Å². The minimum Gasteiger partial charge on any atom is -0.497 e. The molecule has 4 nitrogen and oxygen atoms in total. The van der Waals surface area contributed by atoms with Gasteiger partial charge in [0.15, 0.2) is 0 Å². The molecule has 1 aliphatic rings. The number of hydrogen-bond donors (Lipinski definition) is 1. The molecule has 0 saturated carbocycles. The van der Waals surface area contributed by atoms with E-state index in [1.165, 1.54) is 5.56 Å². The minimum atomic E-state index is -0.467. The average molecular weight is 299 g/mol. The number of aliphatic hydroxyl groups is 1. The van der Waals surface area contributed by atoms with Gasteiger partial charge in [-0.2, -0.15) is 0 Å². The number of hydrogen-bond acceptors (Lipinski definition) is 4. The Labute approximate surface area is 130 Å². The number of benzene rings is 2. The van der Waals surface area contributed by atoms with Gasteiger partial charge in [0, 0.05) is 19.6 Å². The monoisotopic (exact) mass is 299 g/mol. The summed E-state index contributed by atoms with van der Waals surface area (Å²) in [6.45, 7) is 2.19. The van der Waals surface area contributed by atoms with Crippen LogP contribution in [0.15, 0.2) is 54.6 Å². The number of rotatable bonds is 5. The first-order chi connectivity index (χ1) is 10.7. The summed E-state index contributed by atoms with van der Waals surface area (Å²) in [5.41, 5.74) is 1.25. The van der Waals surface area contributed by atoms with Crippen molar-refractivity contribution in [1.29, 1.82) is 0 Å². The molecule has 116 valence electrons. The Morgan fingerprint density at radius 2 is 1.68 bits per heavy atom. The third kappa shape index (κ3) is 3.59. The number of β-amino-alcohol motifs (C(OH)–C–C–N with tert-alkyl or cyclic N) is 1. The molecule has 22 heavy (non-hydrogen) atoms. The topological polar surface area (TPSA) is 41.9 Å². The van der Waals surface area contributed by atoms with Crippen LogP contribution in [0.25, 0.3) is 0 Å². The first-order valence-corrected chi connectivity index (χ1v) is 7.49. The number of nitrogens with zero attached hydrogens (tertiary/aromatic N) is 1. The van der Waals surface area contributed by atoms with E-state index in [2.05, 4.69) is 17.0 Å². The summed E-state index contributed by atoms with van der Waals surface area (Å²) in [5, 5.41) is 10.2. The zero-order valence-electron chi connectivity index (χ0n) is 12.7. The standard InChI is InChI=1S/C18H21NO3/c1-21-15-7-9-16(10-8-15)22-18-13-19(12-17(18)20)11-14-5-3-2-4-6-14/h2-10,17-18,20H,11-13H2,1H3/t17-,18-/m0/s1. The molecule has 2 atom stereocenters. The molecule has 1 aliphatic heterocycles. The van der Waals surface area contributed by atoms with E-state index < -0.39 is 6.10 Å². The van der Waals surface area contributed by atoms with Gasteiger partial charge < -0.3 is 14.6 Å². The fourth-order valence-corrected chi connectivity index (χ4v) is 2.75. The van der Waals surface area contributed by atoms with Crippen molar-refractivity contribution in [3.8, 4) is 11.5 Å². The van der Waals surface area contributed by atoms with Gasteiger partial charge in [0.1, 0.15) is 23.7 Å². The van der Waals surface area contributed by atoms with Crippen LogP contribution in [0, 0.1) is 0 Å². The molecule has 0 amide bonds. The predicted octanol–water partition coefficient (Wildman–Crippen LogP) is 2.32. The lowest BCUT2D eigenvalue weighted by Crippen LogP contribution is -2.29. The second-order valence-corrected chi connectivity index (χ2v) is 5.58. The van der Waals surface area contributed by atoms with E-state index in [-0.39, 0.29) is 6.10 Å².